The number of alkyl halides is 3. The molecule has 5 nitrogen and oxygen atoms in total. The van der Waals surface area contributed by atoms with Crippen molar-refractivity contribution in [3.05, 3.63) is 53.6 Å². The molecule has 1 saturated heterocycles. The molecule has 0 atom stereocenters. The summed E-state index contributed by atoms with van der Waals surface area (Å²) in [5.74, 6) is 0.120. The summed E-state index contributed by atoms with van der Waals surface area (Å²) in [5, 5.41) is 0. The number of hydrogen-bond acceptors (Lipinski definition) is 4. The largest absolute Gasteiger partial charge is 0.416 e. The van der Waals surface area contributed by atoms with Crippen LogP contribution in [-0.4, -0.2) is 49.1 Å². The van der Waals surface area contributed by atoms with Gasteiger partial charge in [0.2, 0.25) is 0 Å². The molecular weight excluding hydrogens is 371 g/mol. The maximum atomic E-state index is 13.7. The number of benzene rings is 2. The second kappa shape index (κ2) is 8.20. The minimum atomic E-state index is -4.49. The standard InChI is InChI=1S/C20H22F3N3O2/c1-25-8-10-26(11-9-25)13-15-7-6-14(12-17(15)20(21,22)23)16-4-2-3-5-18(16)28-19(24)27/h2-7,12H,8-11,13H2,1H3,(H2,24,27). The maximum Gasteiger partial charge on any atom is 0.416 e. The van der Waals surface area contributed by atoms with Gasteiger partial charge in [-0.05, 0) is 30.3 Å². The summed E-state index contributed by atoms with van der Waals surface area (Å²) >= 11 is 0. The number of para-hydroxylation sites is 1. The van der Waals surface area contributed by atoms with Gasteiger partial charge in [0, 0.05) is 38.3 Å². The first-order chi connectivity index (χ1) is 13.2. The Kier molecular flexibility index (Phi) is 5.90. The lowest BCUT2D eigenvalue weighted by atomic mass is 9.97. The smallest absolute Gasteiger partial charge is 0.410 e. The average molecular weight is 393 g/mol. The van der Waals surface area contributed by atoms with Gasteiger partial charge in [-0.25, -0.2) is 4.79 Å². The van der Waals surface area contributed by atoms with Gasteiger partial charge in [-0.15, -0.1) is 0 Å². The average Bonchev–Trinajstić information content (AvgIpc) is 2.63. The van der Waals surface area contributed by atoms with Crippen LogP contribution in [0.4, 0.5) is 18.0 Å². The van der Waals surface area contributed by atoms with Crippen LogP contribution in [0.25, 0.3) is 11.1 Å². The van der Waals surface area contributed by atoms with Crippen LogP contribution in [0.2, 0.25) is 0 Å². The van der Waals surface area contributed by atoms with E-state index in [2.05, 4.69) is 4.90 Å². The monoisotopic (exact) mass is 393 g/mol. The summed E-state index contributed by atoms with van der Waals surface area (Å²) in [6, 6.07) is 10.6. The molecule has 0 bridgehead atoms. The molecule has 0 spiro atoms. The van der Waals surface area contributed by atoms with Crippen molar-refractivity contribution in [2.24, 2.45) is 5.73 Å². The molecule has 1 aliphatic rings. The van der Waals surface area contributed by atoms with Crippen LogP contribution in [0.1, 0.15) is 11.1 Å². The highest BCUT2D eigenvalue weighted by Crippen LogP contribution is 2.38. The molecule has 1 amide bonds. The zero-order chi connectivity index (χ0) is 20.3. The van der Waals surface area contributed by atoms with Crippen molar-refractivity contribution in [2.45, 2.75) is 12.7 Å². The van der Waals surface area contributed by atoms with Crippen LogP contribution >= 0.6 is 0 Å². The van der Waals surface area contributed by atoms with Crippen LogP contribution < -0.4 is 10.5 Å². The third-order valence-corrected chi connectivity index (χ3v) is 4.81. The first kappa shape index (κ1) is 20.2. The first-order valence-electron chi connectivity index (χ1n) is 8.92. The molecule has 1 fully saturated rings. The Morgan fingerprint density at radius 3 is 2.43 bits per heavy atom. The highest BCUT2D eigenvalue weighted by Gasteiger charge is 2.34. The van der Waals surface area contributed by atoms with Crippen LogP contribution in [0.15, 0.2) is 42.5 Å². The summed E-state index contributed by atoms with van der Waals surface area (Å²) in [7, 11) is 2.00. The highest BCUT2D eigenvalue weighted by atomic mass is 19.4. The van der Waals surface area contributed by atoms with Crippen molar-refractivity contribution in [2.75, 3.05) is 33.2 Å². The summed E-state index contributed by atoms with van der Waals surface area (Å²) in [4.78, 5) is 15.3. The molecule has 0 radical (unpaired) electrons. The zero-order valence-corrected chi connectivity index (χ0v) is 15.5. The topological polar surface area (TPSA) is 58.8 Å². The van der Waals surface area contributed by atoms with Gasteiger partial charge in [0.05, 0.1) is 5.56 Å². The molecule has 0 aromatic heterocycles. The van der Waals surface area contributed by atoms with Crippen molar-refractivity contribution >= 4 is 6.09 Å². The Morgan fingerprint density at radius 2 is 1.79 bits per heavy atom. The predicted molar refractivity (Wildman–Crippen MR) is 99.9 cm³/mol. The lowest BCUT2D eigenvalue weighted by Crippen LogP contribution is -2.44. The Labute approximate surface area is 161 Å². The van der Waals surface area contributed by atoms with Crippen LogP contribution in [-0.2, 0) is 12.7 Å². The third-order valence-electron chi connectivity index (χ3n) is 4.81. The van der Waals surface area contributed by atoms with E-state index in [4.69, 9.17) is 10.5 Å². The molecule has 8 heteroatoms. The molecule has 2 aromatic carbocycles. The van der Waals surface area contributed by atoms with Gasteiger partial charge in [0.25, 0.3) is 0 Å². The van der Waals surface area contributed by atoms with E-state index in [1.165, 1.54) is 12.1 Å². The summed E-state index contributed by atoms with van der Waals surface area (Å²) in [5.41, 5.74) is 5.29. The lowest BCUT2D eigenvalue weighted by molar-refractivity contribution is -0.138. The summed E-state index contributed by atoms with van der Waals surface area (Å²) < 4.78 is 46.1. The molecule has 0 aliphatic carbocycles. The van der Waals surface area contributed by atoms with E-state index in [1.807, 2.05) is 11.9 Å². The molecular formula is C20H22F3N3O2. The Morgan fingerprint density at radius 1 is 1.11 bits per heavy atom. The number of ether oxygens (including phenoxy) is 1. The van der Waals surface area contributed by atoms with E-state index in [1.54, 1.807) is 24.3 Å². The molecule has 3 rings (SSSR count). The molecule has 1 aliphatic heterocycles. The number of carbonyl (C=O) groups excluding carboxylic acids is 1. The SMILES string of the molecule is CN1CCN(Cc2ccc(-c3ccccc3OC(N)=O)cc2C(F)(F)F)CC1. The molecule has 28 heavy (non-hydrogen) atoms. The second-order valence-corrected chi connectivity index (χ2v) is 6.87. The number of primary amides is 1. The number of carbonyl (C=O) groups is 1. The number of likely N-dealkylation sites (N-methyl/N-ethyl adjacent to an activating group) is 1. The zero-order valence-electron chi connectivity index (χ0n) is 15.5. The van der Waals surface area contributed by atoms with E-state index < -0.39 is 17.8 Å². The van der Waals surface area contributed by atoms with Gasteiger partial charge in [0.1, 0.15) is 5.75 Å². The summed E-state index contributed by atoms with van der Waals surface area (Å²) in [6.07, 6.45) is -5.51. The molecule has 2 aromatic rings. The first-order valence-corrected chi connectivity index (χ1v) is 8.92. The number of halogens is 3. The number of nitrogens with two attached hydrogens (primary N) is 1. The fourth-order valence-corrected chi connectivity index (χ4v) is 3.30. The summed E-state index contributed by atoms with van der Waals surface area (Å²) in [6.45, 7) is 3.35. The Hall–Kier alpha value is -2.58. The van der Waals surface area contributed by atoms with Gasteiger partial charge in [0.15, 0.2) is 0 Å². The third kappa shape index (κ3) is 4.82. The number of hydrogen-bond donors (Lipinski definition) is 1. The fourth-order valence-electron chi connectivity index (χ4n) is 3.30. The van der Waals surface area contributed by atoms with E-state index in [0.717, 1.165) is 32.2 Å². The van der Waals surface area contributed by atoms with Crippen molar-refractivity contribution in [3.63, 3.8) is 0 Å². The van der Waals surface area contributed by atoms with Crippen molar-refractivity contribution in [1.29, 1.82) is 0 Å². The number of rotatable bonds is 4. The van der Waals surface area contributed by atoms with Crippen molar-refractivity contribution in [3.8, 4) is 16.9 Å². The molecule has 1 heterocycles. The minimum absolute atomic E-state index is 0.120. The van der Waals surface area contributed by atoms with Gasteiger partial charge in [-0.3, -0.25) is 4.90 Å². The van der Waals surface area contributed by atoms with E-state index in [-0.39, 0.29) is 17.9 Å². The van der Waals surface area contributed by atoms with Crippen molar-refractivity contribution in [1.82, 2.24) is 9.80 Å². The van der Waals surface area contributed by atoms with Gasteiger partial charge in [-0.1, -0.05) is 30.3 Å². The van der Waals surface area contributed by atoms with Gasteiger partial charge < -0.3 is 15.4 Å². The van der Waals surface area contributed by atoms with Crippen LogP contribution in [0.3, 0.4) is 0 Å². The number of piperazine rings is 1. The van der Waals surface area contributed by atoms with Gasteiger partial charge >= 0.3 is 12.3 Å². The fraction of sp³-hybridized carbons (Fsp3) is 0.350. The van der Waals surface area contributed by atoms with Crippen LogP contribution in [0.5, 0.6) is 5.75 Å². The normalized spacial score (nSPS) is 16.1. The number of nitrogens with zero attached hydrogens (tertiary/aromatic N) is 2. The molecule has 150 valence electrons. The lowest BCUT2D eigenvalue weighted by Gasteiger charge is -2.33. The molecule has 0 saturated carbocycles. The quantitative estimate of drug-likeness (QED) is 0.863. The molecule has 2 N–H and O–H groups in total. The van der Waals surface area contributed by atoms with E-state index in [9.17, 15) is 18.0 Å². The Balaban J connectivity index is 1.95. The van der Waals surface area contributed by atoms with E-state index >= 15 is 0 Å². The highest BCUT2D eigenvalue weighted by molar-refractivity contribution is 5.76. The van der Waals surface area contributed by atoms with Gasteiger partial charge in [-0.2, -0.15) is 13.2 Å². The predicted octanol–water partition coefficient (Wildman–Crippen LogP) is 3.58. The molecule has 0 unspecified atom stereocenters. The minimum Gasteiger partial charge on any atom is -0.410 e. The van der Waals surface area contributed by atoms with E-state index in [0.29, 0.717) is 11.1 Å². The van der Waals surface area contributed by atoms with Crippen LogP contribution in [0, 0.1) is 0 Å². The van der Waals surface area contributed by atoms with Crippen molar-refractivity contribution < 1.29 is 22.7 Å². The maximum absolute atomic E-state index is 13.7. The number of amides is 1. The second-order valence-electron chi connectivity index (χ2n) is 6.87. The Bertz CT molecular complexity index is 847.